The Bertz CT molecular complexity index is 706. The number of thiocarbonyl (C=S) groups is 1. The van der Waals surface area contributed by atoms with E-state index in [1.165, 1.54) is 6.07 Å². The molecule has 2 aromatic rings. The number of nitrogens with one attached hydrogen (secondary N) is 2. The first kappa shape index (κ1) is 14.9. The van der Waals surface area contributed by atoms with Gasteiger partial charge in [0.1, 0.15) is 0 Å². The summed E-state index contributed by atoms with van der Waals surface area (Å²) in [5.41, 5.74) is 1.61. The molecule has 7 heteroatoms. The summed E-state index contributed by atoms with van der Waals surface area (Å²) < 4.78 is 13.2. The van der Waals surface area contributed by atoms with Crippen LogP contribution in [0.4, 0.5) is 21.5 Å². The van der Waals surface area contributed by atoms with Crippen LogP contribution < -0.4 is 10.6 Å². The summed E-state index contributed by atoms with van der Waals surface area (Å²) in [5, 5.41) is 16.7. The van der Waals surface area contributed by atoms with Gasteiger partial charge in [-0.05, 0) is 49.0 Å². The van der Waals surface area contributed by atoms with Crippen LogP contribution >= 0.6 is 12.2 Å². The Morgan fingerprint density at radius 2 is 1.86 bits per heavy atom. The number of benzene rings is 2. The molecular formula is C14H12FN3O2S. The van der Waals surface area contributed by atoms with E-state index in [2.05, 4.69) is 10.6 Å². The molecule has 0 amide bonds. The van der Waals surface area contributed by atoms with E-state index < -0.39 is 16.4 Å². The quantitative estimate of drug-likeness (QED) is 0.512. The standard InChI is InChI=1S/C14H12FN3O2S/c1-9-3-2-4-10(7-9)16-14(21)17-11-5-6-12(15)13(8-11)18(19)20/h2-8H,1H3,(H2,16,17,21). The van der Waals surface area contributed by atoms with E-state index >= 15 is 0 Å². The Kier molecular flexibility index (Phi) is 4.44. The van der Waals surface area contributed by atoms with Gasteiger partial charge in [-0.25, -0.2) is 0 Å². The molecule has 0 radical (unpaired) electrons. The molecule has 2 rings (SSSR count). The third-order valence-electron chi connectivity index (χ3n) is 2.68. The average Bonchev–Trinajstić information content (AvgIpc) is 2.40. The minimum Gasteiger partial charge on any atom is -0.332 e. The van der Waals surface area contributed by atoms with Gasteiger partial charge in [0, 0.05) is 17.4 Å². The van der Waals surface area contributed by atoms with Gasteiger partial charge >= 0.3 is 5.69 Å². The largest absolute Gasteiger partial charge is 0.332 e. The summed E-state index contributed by atoms with van der Waals surface area (Å²) in [5.74, 6) is -0.886. The van der Waals surface area contributed by atoms with Gasteiger partial charge in [0.2, 0.25) is 5.82 Å². The summed E-state index contributed by atoms with van der Waals surface area (Å²) in [6.45, 7) is 1.95. The number of nitro benzene ring substituents is 1. The third kappa shape index (κ3) is 3.96. The van der Waals surface area contributed by atoms with Crippen LogP contribution in [-0.4, -0.2) is 10.0 Å². The van der Waals surface area contributed by atoms with E-state index in [4.69, 9.17) is 12.2 Å². The maximum absolute atomic E-state index is 13.2. The van der Waals surface area contributed by atoms with Crippen molar-refractivity contribution in [1.82, 2.24) is 0 Å². The molecule has 0 bridgehead atoms. The van der Waals surface area contributed by atoms with Gasteiger partial charge in [-0.2, -0.15) is 4.39 Å². The van der Waals surface area contributed by atoms with Crippen molar-refractivity contribution in [3.63, 3.8) is 0 Å². The monoisotopic (exact) mass is 305 g/mol. The summed E-state index contributed by atoms with van der Waals surface area (Å²) >= 11 is 5.12. The van der Waals surface area contributed by atoms with Crippen molar-refractivity contribution in [3.8, 4) is 0 Å². The lowest BCUT2D eigenvalue weighted by atomic mass is 10.2. The number of nitrogens with zero attached hydrogens (tertiary/aromatic N) is 1. The lowest BCUT2D eigenvalue weighted by Crippen LogP contribution is -2.19. The molecule has 0 aliphatic rings. The van der Waals surface area contributed by atoms with Crippen LogP contribution in [0.15, 0.2) is 42.5 Å². The Hall–Kier alpha value is -2.54. The van der Waals surface area contributed by atoms with Crippen LogP contribution in [0.3, 0.4) is 0 Å². The maximum Gasteiger partial charge on any atom is 0.306 e. The van der Waals surface area contributed by atoms with Crippen LogP contribution in [0, 0.1) is 22.9 Å². The molecule has 0 unspecified atom stereocenters. The predicted molar refractivity (Wildman–Crippen MR) is 84.1 cm³/mol. The van der Waals surface area contributed by atoms with Crippen LogP contribution in [0.1, 0.15) is 5.56 Å². The highest BCUT2D eigenvalue weighted by molar-refractivity contribution is 7.80. The van der Waals surface area contributed by atoms with Crippen LogP contribution in [0.25, 0.3) is 0 Å². The minimum atomic E-state index is -0.886. The smallest absolute Gasteiger partial charge is 0.306 e. The van der Waals surface area contributed by atoms with Gasteiger partial charge in [0.25, 0.3) is 0 Å². The Morgan fingerprint density at radius 1 is 1.19 bits per heavy atom. The van der Waals surface area contributed by atoms with Crippen LogP contribution in [-0.2, 0) is 0 Å². The zero-order valence-electron chi connectivity index (χ0n) is 11.1. The molecule has 2 aromatic carbocycles. The second kappa shape index (κ2) is 6.27. The molecule has 108 valence electrons. The molecule has 0 atom stereocenters. The highest BCUT2D eigenvalue weighted by Gasteiger charge is 2.14. The average molecular weight is 305 g/mol. The molecule has 0 heterocycles. The van der Waals surface area contributed by atoms with Crippen molar-refractivity contribution < 1.29 is 9.31 Å². The first-order valence-corrected chi connectivity index (χ1v) is 6.45. The number of rotatable bonds is 3. The molecule has 0 aliphatic heterocycles. The normalized spacial score (nSPS) is 10.0. The lowest BCUT2D eigenvalue weighted by molar-refractivity contribution is -0.387. The zero-order valence-corrected chi connectivity index (χ0v) is 11.9. The Labute approximate surface area is 125 Å². The van der Waals surface area contributed by atoms with Gasteiger partial charge in [-0.3, -0.25) is 10.1 Å². The molecule has 0 aromatic heterocycles. The van der Waals surface area contributed by atoms with Crippen molar-refractivity contribution in [2.45, 2.75) is 6.92 Å². The first-order valence-electron chi connectivity index (χ1n) is 6.04. The number of hydrogen-bond acceptors (Lipinski definition) is 3. The van der Waals surface area contributed by atoms with Crippen molar-refractivity contribution in [3.05, 3.63) is 64.0 Å². The maximum atomic E-state index is 13.2. The molecular weight excluding hydrogens is 293 g/mol. The molecule has 0 saturated carbocycles. The van der Waals surface area contributed by atoms with Gasteiger partial charge in [0.15, 0.2) is 5.11 Å². The van der Waals surface area contributed by atoms with E-state index in [1.807, 2.05) is 31.2 Å². The molecule has 0 aliphatic carbocycles. The summed E-state index contributed by atoms with van der Waals surface area (Å²) in [6.07, 6.45) is 0. The third-order valence-corrected chi connectivity index (χ3v) is 2.88. The van der Waals surface area contributed by atoms with Gasteiger partial charge < -0.3 is 10.6 Å². The number of halogens is 1. The minimum absolute atomic E-state index is 0.265. The van der Waals surface area contributed by atoms with E-state index in [9.17, 15) is 14.5 Å². The first-order chi connectivity index (χ1) is 9.95. The molecule has 0 fully saturated rings. The Balaban J connectivity index is 2.09. The number of anilines is 2. The molecule has 5 nitrogen and oxygen atoms in total. The van der Waals surface area contributed by atoms with Crippen LogP contribution in [0.2, 0.25) is 0 Å². The number of hydrogen-bond donors (Lipinski definition) is 2. The number of nitro groups is 1. The van der Waals surface area contributed by atoms with Crippen molar-refractivity contribution >= 4 is 34.4 Å². The SMILES string of the molecule is Cc1cccc(NC(=S)Nc2ccc(F)c([N+](=O)[O-])c2)c1. The van der Waals surface area contributed by atoms with E-state index in [0.717, 1.165) is 23.4 Å². The van der Waals surface area contributed by atoms with E-state index in [1.54, 1.807) is 0 Å². The summed E-state index contributed by atoms with van der Waals surface area (Å²) in [6, 6.07) is 11.1. The van der Waals surface area contributed by atoms with Gasteiger partial charge in [-0.15, -0.1) is 0 Å². The van der Waals surface area contributed by atoms with Crippen LogP contribution in [0.5, 0.6) is 0 Å². The van der Waals surface area contributed by atoms with Crippen molar-refractivity contribution in [2.75, 3.05) is 10.6 Å². The summed E-state index contributed by atoms with van der Waals surface area (Å²) in [4.78, 5) is 9.90. The fraction of sp³-hybridized carbons (Fsp3) is 0.0714. The molecule has 21 heavy (non-hydrogen) atoms. The Morgan fingerprint density at radius 3 is 2.48 bits per heavy atom. The highest BCUT2D eigenvalue weighted by atomic mass is 32.1. The molecule has 0 saturated heterocycles. The fourth-order valence-corrected chi connectivity index (χ4v) is 1.98. The zero-order chi connectivity index (χ0) is 15.4. The highest BCUT2D eigenvalue weighted by Crippen LogP contribution is 2.21. The molecule has 0 spiro atoms. The predicted octanol–water partition coefficient (Wildman–Crippen LogP) is 3.85. The topological polar surface area (TPSA) is 67.2 Å². The second-order valence-electron chi connectivity index (χ2n) is 4.37. The van der Waals surface area contributed by atoms with Gasteiger partial charge in [-0.1, -0.05) is 12.1 Å². The summed E-state index contributed by atoms with van der Waals surface area (Å²) in [7, 11) is 0. The molecule has 2 N–H and O–H groups in total. The number of aryl methyl sites for hydroxylation is 1. The second-order valence-corrected chi connectivity index (χ2v) is 4.78. The lowest BCUT2D eigenvalue weighted by Gasteiger charge is -2.11. The van der Waals surface area contributed by atoms with Gasteiger partial charge in [0.05, 0.1) is 4.92 Å². The van der Waals surface area contributed by atoms with Crippen molar-refractivity contribution in [2.24, 2.45) is 0 Å². The fourth-order valence-electron chi connectivity index (χ4n) is 1.75. The van der Waals surface area contributed by atoms with E-state index in [-0.39, 0.29) is 5.11 Å². The van der Waals surface area contributed by atoms with E-state index in [0.29, 0.717) is 5.69 Å². The van der Waals surface area contributed by atoms with Crippen molar-refractivity contribution in [1.29, 1.82) is 0 Å².